The molecule has 0 aliphatic carbocycles. The summed E-state index contributed by atoms with van der Waals surface area (Å²) in [6.07, 6.45) is 2.44. The second kappa shape index (κ2) is 4.54. The first kappa shape index (κ1) is 11.6. The number of anilines is 1. The van der Waals surface area contributed by atoms with Crippen LogP contribution in [-0.4, -0.2) is 23.3 Å². The standard InChI is InChI=1S/C8H9Br2N5O/c9-4(10)1-2-15-3-12-5-6(15)13-8(11)14-7(5)16/h3-4H,1-2H2,(H3,11,13,14,16). The number of H-pyrrole nitrogens is 1. The van der Waals surface area contributed by atoms with E-state index in [-0.39, 0.29) is 15.2 Å². The number of rotatable bonds is 3. The Morgan fingerprint density at radius 3 is 3.00 bits per heavy atom. The predicted molar refractivity (Wildman–Crippen MR) is 68.8 cm³/mol. The maximum atomic E-state index is 11.5. The summed E-state index contributed by atoms with van der Waals surface area (Å²) < 4.78 is 2.02. The molecule has 2 heterocycles. The number of aromatic nitrogens is 4. The molecule has 0 aliphatic rings. The number of nitrogens with one attached hydrogen (secondary N) is 1. The van der Waals surface area contributed by atoms with Gasteiger partial charge in [0.05, 0.1) is 10.1 Å². The predicted octanol–water partition coefficient (Wildman–Crippen LogP) is 1.21. The van der Waals surface area contributed by atoms with Gasteiger partial charge in [-0.25, -0.2) is 4.98 Å². The zero-order valence-corrected chi connectivity index (χ0v) is 11.3. The van der Waals surface area contributed by atoms with Crippen LogP contribution in [0.2, 0.25) is 0 Å². The molecular formula is C8H9Br2N5O. The van der Waals surface area contributed by atoms with Crippen molar-refractivity contribution in [3.8, 4) is 0 Å². The first-order chi connectivity index (χ1) is 7.58. The number of aryl methyl sites for hydroxylation is 1. The molecule has 6 nitrogen and oxygen atoms in total. The molecule has 0 radical (unpaired) electrons. The molecule has 86 valence electrons. The van der Waals surface area contributed by atoms with Gasteiger partial charge in [-0.15, -0.1) is 0 Å². The monoisotopic (exact) mass is 349 g/mol. The average Bonchev–Trinajstić information content (AvgIpc) is 2.58. The van der Waals surface area contributed by atoms with Gasteiger partial charge in [0.1, 0.15) is 0 Å². The van der Waals surface area contributed by atoms with Crippen LogP contribution in [0, 0.1) is 0 Å². The molecule has 0 spiro atoms. The molecule has 2 aromatic rings. The van der Waals surface area contributed by atoms with Crippen LogP contribution in [0.3, 0.4) is 0 Å². The summed E-state index contributed by atoms with van der Waals surface area (Å²) in [5, 5.41) is 0. The highest BCUT2D eigenvalue weighted by Gasteiger charge is 2.09. The van der Waals surface area contributed by atoms with Crippen molar-refractivity contribution in [2.45, 2.75) is 16.7 Å². The second-order valence-electron chi connectivity index (χ2n) is 3.24. The van der Waals surface area contributed by atoms with E-state index in [2.05, 4.69) is 46.8 Å². The molecule has 3 N–H and O–H groups in total. The molecule has 0 saturated heterocycles. The fourth-order valence-corrected chi connectivity index (χ4v) is 1.78. The SMILES string of the molecule is Nc1nc2c(ncn2CCC(Br)Br)c(=O)[nH]1. The third kappa shape index (κ3) is 2.27. The average molecular weight is 351 g/mol. The summed E-state index contributed by atoms with van der Waals surface area (Å²) in [6, 6.07) is 0. The Balaban J connectivity index is 2.44. The molecule has 16 heavy (non-hydrogen) atoms. The number of nitrogens with zero attached hydrogens (tertiary/aromatic N) is 3. The quantitative estimate of drug-likeness (QED) is 0.814. The summed E-state index contributed by atoms with van der Waals surface area (Å²) in [4.78, 5) is 22.0. The van der Waals surface area contributed by atoms with E-state index in [0.29, 0.717) is 17.7 Å². The van der Waals surface area contributed by atoms with Gasteiger partial charge >= 0.3 is 0 Å². The van der Waals surface area contributed by atoms with Crippen LogP contribution in [0.1, 0.15) is 6.42 Å². The number of fused-ring (bicyclic) bond motifs is 1. The number of imidazole rings is 1. The molecule has 0 bridgehead atoms. The van der Waals surface area contributed by atoms with Crippen molar-refractivity contribution in [1.82, 2.24) is 19.5 Å². The Morgan fingerprint density at radius 2 is 2.31 bits per heavy atom. The van der Waals surface area contributed by atoms with Crippen molar-refractivity contribution < 1.29 is 0 Å². The Bertz CT molecular complexity index is 561. The number of hydrogen-bond donors (Lipinski definition) is 2. The van der Waals surface area contributed by atoms with Gasteiger partial charge in [0.15, 0.2) is 11.2 Å². The van der Waals surface area contributed by atoms with Crippen molar-refractivity contribution in [1.29, 1.82) is 0 Å². The maximum absolute atomic E-state index is 11.5. The molecular weight excluding hydrogens is 342 g/mol. The van der Waals surface area contributed by atoms with Crippen LogP contribution >= 0.6 is 31.9 Å². The highest BCUT2D eigenvalue weighted by Crippen LogP contribution is 2.15. The van der Waals surface area contributed by atoms with Crippen molar-refractivity contribution in [2.75, 3.05) is 5.73 Å². The maximum Gasteiger partial charge on any atom is 0.280 e. The minimum atomic E-state index is -0.310. The van der Waals surface area contributed by atoms with Gasteiger partial charge in [-0.05, 0) is 6.42 Å². The van der Waals surface area contributed by atoms with Gasteiger partial charge in [0.2, 0.25) is 5.95 Å². The van der Waals surface area contributed by atoms with E-state index >= 15 is 0 Å². The third-order valence-electron chi connectivity index (χ3n) is 2.08. The van der Waals surface area contributed by atoms with Gasteiger partial charge in [-0.2, -0.15) is 4.98 Å². The summed E-state index contributed by atoms with van der Waals surface area (Å²) in [5.41, 5.74) is 6.00. The third-order valence-corrected chi connectivity index (χ3v) is 3.00. The summed E-state index contributed by atoms with van der Waals surface area (Å²) in [5.74, 6) is 0.105. The van der Waals surface area contributed by atoms with E-state index in [0.717, 1.165) is 6.42 Å². The molecule has 0 aliphatic heterocycles. The lowest BCUT2D eigenvalue weighted by molar-refractivity contribution is 0.690. The highest BCUT2D eigenvalue weighted by molar-refractivity contribution is 9.24. The van der Waals surface area contributed by atoms with E-state index < -0.39 is 0 Å². The summed E-state index contributed by atoms with van der Waals surface area (Å²) in [7, 11) is 0. The van der Waals surface area contributed by atoms with Gasteiger partial charge in [-0.3, -0.25) is 9.78 Å². The lowest BCUT2D eigenvalue weighted by Gasteiger charge is -2.04. The zero-order valence-electron chi connectivity index (χ0n) is 8.15. The van der Waals surface area contributed by atoms with Gasteiger partial charge in [0.25, 0.3) is 5.56 Å². The molecule has 0 unspecified atom stereocenters. The molecule has 8 heteroatoms. The number of alkyl halides is 2. The molecule has 0 saturated carbocycles. The number of nitrogens with two attached hydrogens (primary N) is 1. The molecule has 2 rings (SSSR count). The lowest BCUT2D eigenvalue weighted by atomic mass is 10.4. The van der Waals surface area contributed by atoms with Crippen molar-refractivity contribution >= 4 is 49.0 Å². The molecule has 0 aromatic carbocycles. The summed E-state index contributed by atoms with van der Waals surface area (Å²) in [6.45, 7) is 0.702. The van der Waals surface area contributed by atoms with Crippen molar-refractivity contribution in [2.24, 2.45) is 0 Å². The van der Waals surface area contributed by atoms with E-state index in [1.807, 2.05) is 0 Å². The number of nitrogen functional groups attached to an aromatic ring is 1. The second-order valence-corrected chi connectivity index (χ2v) is 6.68. The Hall–Kier alpha value is -0.890. The number of hydrogen-bond acceptors (Lipinski definition) is 4. The van der Waals surface area contributed by atoms with Gasteiger partial charge in [-0.1, -0.05) is 31.9 Å². The number of aromatic amines is 1. The van der Waals surface area contributed by atoms with Gasteiger partial charge < -0.3 is 10.3 Å². The minimum absolute atomic E-state index is 0.105. The Kier molecular flexibility index (Phi) is 3.29. The zero-order chi connectivity index (χ0) is 11.7. The largest absolute Gasteiger partial charge is 0.369 e. The van der Waals surface area contributed by atoms with Crippen LogP contribution in [0.15, 0.2) is 11.1 Å². The Morgan fingerprint density at radius 1 is 1.56 bits per heavy atom. The van der Waals surface area contributed by atoms with Crippen LogP contribution in [0.25, 0.3) is 11.2 Å². The van der Waals surface area contributed by atoms with Crippen LogP contribution in [0.4, 0.5) is 5.95 Å². The van der Waals surface area contributed by atoms with E-state index in [9.17, 15) is 4.79 Å². The molecule has 0 fully saturated rings. The smallest absolute Gasteiger partial charge is 0.280 e. The lowest BCUT2D eigenvalue weighted by Crippen LogP contribution is -2.12. The van der Waals surface area contributed by atoms with E-state index in [1.165, 1.54) is 0 Å². The molecule has 2 aromatic heterocycles. The Labute approximate surface area is 108 Å². The minimum Gasteiger partial charge on any atom is -0.369 e. The topological polar surface area (TPSA) is 89.6 Å². The first-order valence-corrected chi connectivity index (χ1v) is 6.40. The summed E-state index contributed by atoms with van der Waals surface area (Å²) >= 11 is 6.77. The van der Waals surface area contributed by atoms with Crippen LogP contribution in [0.5, 0.6) is 0 Å². The molecule has 0 amide bonds. The first-order valence-electron chi connectivity index (χ1n) is 4.56. The van der Waals surface area contributed by atoms with Crippen LogP contribution < -0.4 is 11.3 Å². The van der Waals surface area contributed by atoms with Gasteiger partial charge in [0, 0.05) is 6.54 Å². The fraction of sp³-hybridized carbons (Fsp3) is 0.375. The fourth-order valence-electron chi connectivity index (χ4n) is 1.37. The van der Waals surface area contributed by atoms with E-state index in [1.54, 1.807) is 10.9 Å². The van der Waals surface area contributed by atoms with E-state index in [4.69, 9.17) is 5.73 Å². The van der Waals surface area contributed by atoms with Crippen molar-refractivity contribution in [3.05, 3.63) is 16.7 Å². The van der Waals surface area contributed by atoms with Crippen LogP contribution in [-0.2, 0) is 6.54 Å². The normalized spacial score (nSPS) is 11.4. The highest BCUT2D eigenvalue weighted by atomic mass is 79.9. The number of halogens is 2. The molecule has 0 atom stereocenters. The van der Waals surface area contributed by atoms with Crippen molar-refractivity contribution in [3.63, 3.8) is 0 Å².